The van der Waals surface area contributed by atoms with Gasteiger partial charge in [-0.2, -0.15) is 4.68 Å². The highest BCUT2D eigenvalue weighted by Crippen LogP contribution is 2.23. The van der Waals surface area contributed by atoms with E-state index in [1.165, 1.54) is 23.0 Å². The van der Waals surface area contributed by atoms with Crippen molar-refractivity contribution >= 4 is 33.3 Å². The lowest BCUT2D eigenvalue weighted by Crippen LogP contribution is -2.01. The molecule has 0 fully saturated rings. The topological polar surface area (TPSA) is 61.0 Å². The van der Waals surface area contributed by atoms with Gasteiger partial charge in [0.1, 0.15) is 10.3 Å². The maximum atomic E-state index is 13.2. The number of nitro groups is 1. The predicted octanol–water partition coefficient (Wildman–Crippen LogP) is 3.39. The van der Waals surface area contributed by atoms with Crippen LogP contribution in [-0.4, -0.2) is 14.7 Å². The molecule has 0 amide bonds. The van der Waals surface area contributed by atoms with Gasteiger partial charge >= 0.3 is 5.82 Å². The number of aromatic nitrogens is 2. The van der Waals surface area contributed by atoms with E-state index in [4.69, 9.17) is 11.6 Å². The zero-order chi connectivity index (χ0) is 13.3. The molecular formula is C10H6BrClFN3O2. The van der Waals surface area contributed by atoms with Gasteiger partial charge in [-0.1, -0.05) is 17.7 Å². The van der Waals surface area contributed by atoms with Gasteiger partial charge in [0.15, 0.2) is 0 Å². The standard InChI is InChI=1S/C10H6BrClFN3O2/c11-7-5-15(14-10(7)16(17)18)4-6-1-2-8(12)9(13)3-6/h1-3,5H,4H2. The van der Waals surface area contributed by atoms with Crippen LogP contribution in [0.5, 0.6) is 0 Å². The first-order valence-electron chi connectivity index (χ1n) is 4.78. The van der Waals surface area contributed by atoms with E-state index in [1.807, 2.05) is 0 Å². The van der Waals surface area contributed by atoms with Crippen LogP contribution in [0.25, 0.3) is 0 Å². The van der Waals surface area contributed by atoms with Gasteiger partial charge in [-0.3, -0.25) is 0 Å². The number of hydrogen-bond donors (Lipinski definition) is 0. The summed E-state index contributed by atoms with van der Waals surface area (Å²) < 4.78 is 14.8. The summed E-state index contributed by atoms with van der Waals surface area (Å²) >= 11 is 8.60. The molecule has 18 heavy (non-hydrogen) atoms. The average molecular weight is 335 g/mol. The zero-order valence-corrected chi connectivity index (χ0v) is 11.2. The molecule has 0 bridgehead atoms. The molecule has 0 aliphatic heterocycles. The number of rotatable bonds is 3. The Morgan fingerprint density at radius 3 is 2.83 bits per heavy atom. The third kappa shape index (κ3) is 2.68. The minimum atomic E-state index is -0.594. The summed E-state index contributed by atoms with van der Waals surface area (Å²) in [4.78, 5) is 10.0. The van der Waals surface area contributed by atoms with Gasteiger partial charge in [-0.15, -0.1) is 0 Å². The lowest BCUT2D eigenvalue weighted by Gasteiger charge is -2.00. The van der Waals surface area contributed by atoms with Crippen molar-refractivity contribution in [2.45, 2.75) is 6.54 Å². The Hall–Kier alpha value is -1.47. The summed E-state index contributed by atoms with van der Waals surface area (Å²) in [5.74, 6) is -0.806. The molecule has 2 rings (SSSR count). The highest BCUT2D eigenvalue weighted by molar-refractivity contribution is 9.10. The fourth-order valence-electron chi connectivity index (χ4n) is 1.42. The van der Waals surface area contributed by atoms with Crippen molar-refractivity contribution in [3.05, 3.63) is 55.4 Å². The highest BCUT2D eigenvalue weighted by Gasteiger charge is 2.18. The first-order valence-corrected chi connectivity index (χ1v) is 5.95. The summed E-state index contributed by atoms with van der Waals surface area (Å²) in [5.41, 5.74) is 0.613. The highest BCUT2D eigenvalue weighted by atomic mass is 79.9. The van der Waals surface area contributed by atoms with Gasteiger partial charge in [0.25, 0.3) is 0 Å². The zero-order valence-electron chi connectivity index (χ0n) is 8.81. The van der Waals surface area contributed by atoms with Crippen LogP contribution in [0.4, 0.5) is 10.2 Å². The molecule has 0 saturated heterocycles. The smallest absolute Gasteiger partial charge is 0.358 e. The monoisotopic (exact) mass is 333 g/mol. The van der Waals surface area contributed by atoms with Crippen LogP contribution in [0.2, 0.25) is 5.02 Å². The molecule has 2 aromatic rings. The first kappa shape index (κ1) is 13.0. The Balaban J connectivity index is 2.26. The van der Waals surface area contributed by atoms with E-state index >= 15 is 0 Å². The minimum Gasteiger partial charge on any atom is -0.358 e. The Bertz CT molecular complexity index is 617. The molecule has 0 unspecified atom stereocenters. The molecule has 8 heteroatoms. The summed E-state index contributed by atoms with van der Waals surface area (Å²) in [6, 6.07) is 4.33. The van der Waals surface area contributed by atoms with Gasteiger partial charge in [0.2, 0.25) is 0 Å². The van der Waals surface area contributed by atoms with Crippen LogP contribution >= 0.6 is 27.5 Å². The van der Waals surface area contributed by atoms with E-state index in [9.17, 15) is 14.5 Å². The largest absolute Gasteiger partial charge is 0.404 e. The van der Waals surface area contributed by atoms with E-state index in [-0.39, 0.29) is 21.9 Å². The second kappa shape index (κ2) is 5.03. The van der Waals surface area contributed by atoms with Gasteiger partial charge in [-0.25, -0.2) is 4.39 Å². The molecule has 0 N–H and O–H groups in total. The number of nitrogens with zero attached hydrogens (tertiary/aromatic N) is 3. The van der Waals surface area contributed by atoms with Crippen molar-refractivity contribution in [3.63, 3.8) is 0 Å². The SMILES string of the molecule is O=[N+]([O-])c1nn(Cc2ccc(Cl)c(F)c2)cc1Br. The van der Waals surface area contributed by atoms with Crippen molar-refractivity contribution < 1.29 is 9.31 Å². The van der Waals surface area contributed by atoms with Crippen molar-refractivity contribution in [3.8, 4) is 0 Å². The van der Waals surface area contributed by atoms with Gasteiger partial charge in [-0.05, 0) is 38.5 Å². The maximum Gasteiger partial charge on any atom is 0.404 e. The number of benzene rings is 1. The summed E-state index contributed by atoms with van der Waals surface area (Å²) in [6.45, 7) is 0.223. The normalized spacial score (nSPS) is 10.6. The maximum absolute atomic E-state index is 13.2. The van der Waals surface area contributed by atoms with E-state index in [1.54, 1.807) is 6.07 Å². The van der Waals surface area contributed by atoms with Crippen molar-refractivity contribution in [1.82, 2.24) is 9.78 Å². The second-order valence-corrected chi connectivity index (χ2v) is 4.77. The molecular weight excluding hydrogens is 328 g/mol. The fraction of sp³-hybridized carbons (Fsp3) is 0.100. The first-order chi connectivity index (χ1) is 8.47. The molecule has 94 valence electrons. The summed E-state index contributed by atoms with van der Waals surface area (Å²) in [5, 5.41) is 14.4. The Morgan fingerprint density at radius 1 is 1.56 bits per heavy atom. The Morgan fingerprint density at radius 2 is 2.28 bits per heavy atom. The molecule has 0 aliphatic rings. The summed E-state index contributed by atoms with van der Waals surface area (Å²) in [7, 11) is 0. The van der Waals surface area contributed by atoms with Crippen molar-refractivity contribution in [1.29, 1.82) is 0 Å². The van der Waals surface area contributed by atoms with E-state index in [0.717, 1.165) is 0 Å². The third-order valence-corrected chi connectivity index (χ3v) is 3.07. The van der Waals surface area contributed by atoms with Crippen LogP contribution in [-0.2, 0) is 6.54 Å². The molecule has 0 saturated carbocycles. The van der Waals surface area contributed by atoms with E-state index in [0.29, 0.717) is 5.56 Å². The Labute approximate surface area is 114 Å². The average Bonchev–Trinajstić information content (AvgIpc) is 2.65. The van der Waals surface area contributed by atoms with E-state index in [2.05, 4.69) is 21.0 Å². The molecule has 1 aromatic carbocycles. The number of hydrogen-bond acceptors (Lipinski definition) is 3. The van der Waals surface area contributed by atoms with Crippen molar-refractivity contribution in [2.24, 2.45) is 0 Å². The van der Waals surface area contributed by atoms with Gasteiger partial charge in [0, 0.05) is 0 Å². The molecule has 0 atom stereocenters. The van der Waals surface area contributed by atoms with Crippen LogP contribution in [0.3, 0.4) is 0 Å². The summed E-state index contributed by atoms with van der Waals surface area (Å²) in [6.07, 6.45) is 1.46. The third-order valence-electron chi connectivity index (χ3n) is 2.20. The quantitative estimate of drug-likeness (QED) is 0.638. The minimum absolute atomic E-state index is 0.0337. The molecule has 0 spiro atoms. The predicted molar refractivity (Wildman–Crippen MR) is 67.1 cm³/mol. The van der Waals surface area contributed by atoms with Gasteiger partial charge < -0.3 is 10.1 Å². The van der Waals surface area contributed by atoms with E-state index < -0.39 is 10.7 Å². The van der Waals surface area contributed by atoms with Crippen LogP contribution in [0, 0.1) is 15.9 Å². The van der Waals surface area contributed by atoms with Crippen LogP contribution in [0.1, 0.15) is 5.56 Å². The molecule has 1 aromatic heterocycles. The molecule has 0 radical (unpaired) electrons. The molecule has 5 nitrogen and oxygen atoms in total. The van der Waals surface area contributed by atoms with Crippen molar-refractivity contribution in [2.75, 3.05) is 0 Å². The fourth-order valence-corrected chi connectivity index (χ4v) is 1.99. The second-order valence-electron chi connectivity index (χ2n) is 3.50. The number of halogens is 3. The van der Waals surface area contributed by atoms with Gasteiger partial charge in [0.05, 0.1) is 22.9 Å². The molecule has 0 aliphatic carbocycles. The lowest BCUT2D eigenvalue weighted by molar-refractivity contribution is -0.390. The van der Waals surface area contributed by atoms with Crippen LogP contribution < -0.4 is 0 Å². The lowest BCUT2D eigenvalue weighted by atomic mass is 10.2. The van der Waals surface area contributed by atoms with Crippen LogP contribution in [0.15, 0.2) is 28.9 Å². The Kier molecular flexibility index (Phi) is 3.63. The molecule has 1 heterocycles.